The molecule has 0 bridgehead atoms. The zero-order valence-electron chi connectivity index (χ0n) is 14.6. The quantitative estimate of drug-likeness (QED) is 0.852. The lowest BCUT2D eigenvalue weighted by Crippen LogP contribution is -2.22. The Kier molecular flexibility index (Phi) is 4.46. The number of amidine groups is 1. The van der Waals surface area contributed by atoms with Gasteiger partial charge in [0.2, 0.25) is 11.1 Å². The molecular formula is C19H19N5OS. The van der Waals surface area contributed by atoms with E-state index >= 15 is 0 Å². The van der Waals surface area contributed by atoms with Gasteiger partial charge in [-0.1, -0.05) is 47.7 Å². The van der Waals surface area contributed by atoms with E-state index in [9.17, 15) is 4.79 Å². The van der Waals surface area contributed by atoms with Crippen LogP contribution in [-0.4, -0.2) is 23.0 Å². The van der Waals surface area contributed by atoms with Crippen LogP contribution in [0.15, 0.2) is 57.7 Å². The number of azo groups is 1. The molecule has 0 aliphatic carbocycles. The second-order valence-electron chi connectivity index (χ2n) is 6.40. The summed E-state index contributed by atoms with van der Waals surface area (Å²) in [6.07, 6.45) is -0.144. The first-order valence-corrected chi connectivity index (χ1v) is 9.43. The molecule has 0 spiro atoms. The average Bonchev–Trinajstić information content (AvgIpc) is 3.00. The summed E-state index contributed by atoms with van der Waals surface area (Å²) in [6.45, 7) is 4.02. The molecule has 4 rings (SSSR count). The fourth-order valence-electron chi connectivity index (χ4n) is 3.12. The molecular weight excluding hydrogens is 346 g/mol. The number of aliphatic imine (C=N–C) groups is 1. The van der Waals surface area contributed by atoms with Crippen LogP contribution in [0.25, 0.3) is 0 Å². The standard InChI is InChI=1S/C19H19N5OS/c1-11-7-8-14(12(2)9-11)20-16(25)10-26-19-22-18-17(23-24-19)13-5-3-4-6-15(13)21-18/h3-9,17-18,21H,10H2,1-2H3,(H,20,25). The van der Waals surface area contributed by atoms with E-state index in [4.69, 9.17) is 0 Å². The van der Waals surface area contributed by atoms with Crippen molar-refractivity contribution in [2.24, 2.45) is 15.2 Å². The van der Waals surface area contributed by atoms with Crippen molar-refractivity contribution in [2.75, 3.05) is 16.4 Å². The lowest BCUT2D eigenvalue weighted by Gasteiger charge is -2.16. The third-order valence-electron chi connectivity index (χ3n) is 4.39. The molecule has 6 nitrogen and oxygen atoms in total. The number of fused-ring (bicyclic) bond motifs is 3. The Hall–Kier alpha value is -2.67. The summed E-state index contributed by atoms with van der Waals surface area (Å²) in [5.74, 6) is 0.167. The molecule has 2 atom stereocenters. The largest absolute Gasteiger partial charge is 0.361 e. The molecule has 2 aliphatic rings. The lowest BCUT2D eigenvalue weighted by molar-refractivity contribution is -0.113. The summed E-state index contributed by atoms with van der Waals surface area (Å²) >= 11 is 1.30. The number of benzene rings is 2. The van der Waals surface area contributed by atoms with Crippen LogP contribution in [0.1, 0.15) is 22.7 Å². The second-order valence-corrected chi connectivity index (χ2v) is 7.35. The van der Waals surface area contributed by atoms with Gasteiger partial charge in [0.25, 0.3) is 0 Å². The number of carbonyl (C=O) groups is 1. The van der Waals surface area contributed by atoms with Gasteiger partial charge < -0.3 is 10.6 Å². The van der Waals surface area contributed by atoms with E-state index in [1.54, 1.807) is 0 Å². The van der Waals surface area contributed by atoms with Crippen molar-refractivity contribution in [1.82, 2.24) is 0 Å². The first-order chi connectivity index (χ1) is 12.6. The van der Waals surface area contributed by atoms with Gasteiger partial charge in [-0.15, -0.1) is 5.11 Å². The molecule has 0 saturated carbocycles. The monoisotopic (exact) mass is 365 g/mol. The van der Waals surface area contributed by atoms with Crippen LogP contribution in [0.3, 0.4) is 0 Å². The molecule has 0 fully saturated rings. The van der Waals surface area contributed by atoms with Gasteiger partial charge in [-0.05, 0) is 31.5 Å². The number of nitrogens with zero attached hydrogens (tertiary/aromatic N) is 3. The molecule has 2 aromatic rings. The molecule has 0 saturated heterocycles. The van der Waals surface area contributed by atoms with Crippen LogP contribution in [-0.2, 0) is 4.79 Å². The van der Waals surface area contributed by atoms with E-state index in [0.717, 1.165) is 22.5 Å². The van der Waals surface area contributed by atoms with Crippen LogP contribution in [0.2, 0.25) is 0 Å². The van der Waals surface area contributed by atoms with Crippen molar-refractivity contribution >= 4 is 34.2 Å². The number of anilines is 2. The topological polar surface area (TPSA) is 78.2 Å². The Morgan fingerprint density at radius 1 is 1.23 bits per heavy atom. The van der Waals surface area contributed by atoms with Crippen LogP contribution in [0.5, 0.6) is 0 Å². The number of hydrogen-bond donors (Lipinski definition) is 2. The minimum Gasteiger partial charge on any atom is -0.361 e. The van der Waals surface area contributed by atoms with E-state index < -0.39 is 0 Å². The third kappa shape index (κ3) is 3.35. The Labute approximate surface area is 156 Å². The first kappa shape index (κ1) is 16.8. The predicted octanol–water partition coefficient (Wildman–Crippen LogP) is 4.29. The molecule has 0 radical (unpaired) electrons. The zero-order chi connectivity index (χ0) is 18.1. The van der Waals surface area contributed by atoms with Crippen molar-refractivity contribution in [2.45, 2.75) is 26.1 Å². The highest BCUT2D eigenvalue weighted by Crippen LogP contribution is 2.39. The minimum absolute atomic E-state index is 0.0790. The maximum Gasteiger partial charge on any atom is 0.234 e. The number of carbonyl (C=O) groups excluding carboxylic acids is 1. The first-order valence-electron chi connectivity index (χ1n) is 8.44. The van der Waals surface area contributed by atoms with Gasteiger partial charge in [0.05, 0.1) is 5.75 Å². The lowest BCUT2D eigenvalue weighted by atomic mass is 10.1. The minimum atomic E-state index is -0.144. The highest BCUT2D eigenvalue weighted by Gasteiger charge is 2.34. The van der Waals surface area contributed by atoms with Gasteiger partial charge in [0, 0.05) is 16.9 Å². The number of hydrogen-bond acceptors (Lipinski definition) is 6. The Morgan fingerprint density at radius 3 is 2.92 bits per heavy atom. The summed E-state index contributed by atoms with van der Waals surface area (Å²) in [6, 6.07) is 13.9. The van der Waals surface area contributed by atoms with Gasteiger partial charge in [0.1, 0.15) is 6.04 Å². The van der Waals surface area contributed by atoms with E-state index in [-0.39, 0.29) is 23.9 Å². The number of para-hydroxylation sites is 1. The third-order valence-corrected chi connectivity index (χ3v) is 5.24. The fraction of sp³-hybridized carbons (Fsp3) is 0.263. The molecule has 26 heavy (non-hydrogen) atoms. The molecule has 2 aliphatic heterocycles. The van der Waals surface area contributed by atoms with Gasteiger partial charge in [-0.3, -0.25) is 4.79 Å². The summed E-state index contributed by atoms with van der Waals surface area (Å²) in [7, 11) is 0. The van der Waals surface area contributed by atoms with Crippen molar-refractivity contribution in [3.8, 4) is 0 Å². The summed E-state index contributed by atoms with van der Waals surface area (Å²) in [4.78, 5) is 16.8. The predicted molar refractivity (Wildman–Crippen MR) is 106 cm³/mol. The highest BCUT2D eigenvalue weighted by molar-refractivity contribution is 8.14. The number of amides is 1. The fourth-order valence-corrected chi connectivity index (χ4v) is 3.74. The van der Waals surface area contributed by atoms with E-state index in [1.807, 2.05) is 56.3 Å². The van der Waals surface area contributed by atoms with Gasteiger partial charge in [0.15, 0.2) is 6.17 Å². The number of thioether (sulfide) groups is 1. The van der Waals surface area contributed by atoms with Crippen molar-refractivity contribution < 1.29 is 4.79 Å². The molecule has 2 N–H and O–H groups in total. The molecule has 7 heteroatoms. The number of rotatable bonds is 3. The summed E-state index contributed by atoms with van der Waals surface area (Å²) < 4.78 is 0. The molecule has 2 unspecified atom stereocenters. The SMILES string of the molecule is Cc1ccc(NC(=O)CSC2=NC3Nc4ccccc4C3N=N2)c(C)c1. The van der Waals surface area contributed by atoms with Crippen LogP contribution >= 0.6 is 11.8 Å². The maximum atomic E-state index is 12.2. The zero-order valence-corrected chi connectivity index (χ0v) is 15.4. The average molecular weight is 365 g/mol. The van der Waals surface area contributed by atoms with Crippen molar-refractivity contribution in [3.63, 3.8) is 0 Å². The van der Waals surface area contributed by atoms with Crippen LogP contribution < -0.4 is 10.6 Å². The van der Waals surface area contributed by atoms with Crippen molar-refractivity contribution in [1.29, 1.82) is 0 Å². The van der Waals surface area contributed by atoms with Crippen LogP contribution in [0, 0.1) is 13.8 Å². The van der Waals surface area contributed by atoms with Gasteiger partial charge in [-0.25, -0.2) is 4.99 Å². The summed E-state index contributed by atoms with van der Waals surface area (Å²) in [5.41, 5.74) is 5.22. The Morgan fingerprint density at radius 2 is 2.08 bits per heavy atom. The second kappa shape index (κ2) is 6.92. The normalized spacial score (nSPS) is 20.0. The molecule has 0 aromatic heterocycles. The van der Waals surface area contributed by atoms with E-state index in [0.29, 0.717) is 5.17 Å². The Bertz CT molecular complexity index is 924. The van der Waals surface area contributed by atoms with E-state index in [1.165, 1.54) is 17.3 Å². The number of nitrogens with one attached hydrogen (secondary N) is 2. The highest BCUT2D eigenvalue weighted by atomic mass is 32.2. The Balaban J connectivity index is 1.36. The van der Waals surface area contributed by atoms with Gasteiger partial charge in [-0.2, -0.15) is 5.11 Å². The summed E-state index contributed by atoms with van der Waals surface area (Å²) in [5, 5.41) is 15.4. The van der Waals surface area contributed by atoms with Crippen molar-refractivity contribution in [3.05, 3.63) is 59.2 Å². The smallest absolute Gasteiger partial charge is 0.234 e. The van der Waals surface area contributed by atoms with Gasteiger partial charge >= 0.3 is 0 Å². The number of aryl methyl sites for hydroxylation is 2. The molecule has 2 aromatic carbocycles. The maximum absolute atomic E-state index is 12.2. The molecule has 2 heterocycles. The van der Waals surface area contributed by atoms with E-state index in [2.05, 4.69) is 25.9 Å². The molecule has 132 valence electrons. The molecule has 1 amide bonds. The van der Waals surface area contributed by atoms with Crippen LogP contribution in [0.4, 0.5) is 11.4 Å².